The van der Waals surface area contributed by atoms with Crippen LogP contribution in [0, 0.1) is 6.92 Å². The largest absolute Gasteiger partial charge is 0.356 e. The zero-order valence-electron chi connectivity index (χ0n) is 15.3. The molecule has 0 saturated carbocycles. The first-order valence-electron chi connectivity index (χ1n) is 8.73. The number of nitrogens with zero attached hydrogens (tertiary/aromatic N) is 4. The van der Waals surface area contributed by atoms with E-state index in [9.17, 15) is 0 Å². The van der Waals surface area contributed by atoms with Crippen molar-refractivity contribution in [3.63, 3.8) is 0 Å². The maximum absolute atomic E-state index is 5.42. The van der Waals surface area contributed by atoms with Crippen molar-refractivity contribution in [2.45, 2.75) is 39.9 Å². The summed E-state index contributed by atoms with van der Waals surface area (Å²) in [6.45, 7) is 7.81. The fourth-order valence-electron chi connectivity index (χ4n) is 2.84. The SMILES string of the molecule is CCn1ncc(Cn2cc(NC(=S)NC(C)c3ccccc3)cn2)c1C. The summed E-state index contributed by atoms with van der Waals surface area (Å²) < 4.78 is 3.87. The maximum Gasteiger partial charge on any atom is 0.171 e. The third-order valence-electron chi connectivity index (χ3n) is 4.38. The molecule has 2 aromatic heterocycles. The van der Waals surface area contributed by atoms with Gasteiger partial charge in [-0.25, -0.2) is 0 Å². The van der Waals surface area contributed by atoms with Crippen molar-refractivity contribution in [2.75, 3.05) is 5.32 Å². The van der Waals surface area contributed by atoms with Gasteiger partial charge in [-0.3, -0.25) is 9.36 Å². The summed E-state index contributed by atoms with van der Waals surface area (Å²) in [5.74, 6) is 0. The molecule has 3 aromatic rings. The molecule has 136 valence electrons. The molecule has 0 spiro atoms. The number of nitrogens with one attached hydrogen (secondary N) is 2. The first kappa shape index (κ1) is 18.1. The quantitative estimate of drug-likeness (QED) is 0.652. The highest BCUT2D eigenvalue weighted by molar-refractivity contribution is 7.80. The summed E-state index contributed by atoms with van der Waals surface area (Å²) in [6.07, 6.45) is 5.63. The zero-order chi connectivity index (χ0) is 18.5. The van der Waals surface area contributed by atoms with Crippen LogP contribution in [0.1, 0.15) is 36.7 Å². The van der Waals surface area contributed by atoms with Crippen LogP contribution in [0.5, 0.6) is 0 Å². The number of thiocarbonyl (C=S) groups is 1. The minimum Gasteiger partial charge on any atom is -0.356 e. The lowest BCUT2D eigenvalue weighted by atomic mass is 10.1. The number of anilines is 1. The van der Waals surface area contributed by atoms with E-state index in [1.54, 1.807) is 6.20 Å². The third kappa shape index (κ3) is 4.29. The van der Waals surface area contributed by atoms with E-state index >= 15 is 0 Å². The average molecular weight is 369 g/mol. The fraction of sp³-hybridized carbons (Fsp3) is 0.316. The second-order valence-electron chi connectivity index (χ2n) is 6.23. The van der Waals surface area contributed by atoms with Gasteiger partial charge in [-0.05, 0) is 38.6 Å². The standard InChI is InChI=1S/C19H24N6S/c1-4-25-15(3)17(10-21-25)12-24-13-18(11-20-24)23-19(26)22-14(2)16-8-6-5-7-9-16/h5-11,13-14H,4,12H2,1-3H3,(H2,22,23,26). The van der Waals surface area contributed by atoms with Crippen LogP contribution in [0.4, 0.5) is 5.69 Å². The summed E-state index contributed by atoms with van der Waals surface area (Å²) in [5.41, 5.74) is 4.39. The average Bonchev–Trinajstić information content (AvgIpc) is 3.22. The van der Waals surface area contributed by atoms with Crippen LogP contribution in [0.2, 0.25) is 0 Å². The van der Waals surface area contributed by atoms with Crippen LogP contribution in [-0.2, 0) is 13.1 Å². The van der Waals surface area contributed by atoms with Crippen molar-refractivity contribution in [3.8, 4) is 0 Å². The molecule has 0 aliphatic carbocycles. The molecule has 0 radical (unpaired) electrons. The van der Waals surface area contributed by atoms with Crippen LogP contribution in [0.15, 0.2) is 48.9 Å². The molecular weight excluding hydrogens is 344 g/mol. The molecular formula is C19H24N6S. The summed E-state index contributed by atoms with van der Waals surface area (Å²) in [6, 6.07) is 10.4. The van der Waals surface area contributed by atoms with Gasteiger partial charge >= 0.3 is 0 Å². The molecule has 1 unspecified atom stereocenters. The number of aryl methyl sites for hydroxylation is 1. The van der Waals surface area contributed by atoms with E-state index in [1.165, 1.54) is 16.8 Å². The van der Waals surface area contributed by atoms with Gasteiger partial charge in [0.2, 0.25) is 0 Å². The van der Waals surface area contributed by atoms with Gasteiger partial charge in [-0.1, -0.05) is 30.3 Å². The molecule has 7 heteroatoms. The molecule has 0 saturated heterocycles. The number of rotatable bonds is 6. The molecule has 0 aliphatic heterocycles. The second-order valence-corrected chi connectivity index (χ2v) is 6.64. The predicted octanol–water partition coefficient (Wildman–Crippen LogP) is 3.50. The Balaban J connectivity index is 1.57. The van der Waals surface area contributed by atoms with Crippen LogP contribution in [0.3, 0.4) is 0 Å². The lowest BCUT2D eigenvalue weighted by molar-refractivity contribution is 0.633. The van der Waals surface area contributed by atoms with Crippen molar-refractivity contribution < 1.29 is 0 Å². The molecule has 2 N–H and O–H groups in total. The van der Waals surface area contributed by atoms with Crippen molar-refractivity contribution in [2.24, 2.45) is 0 Å². The Morgan fingerprint density at radius 2 is 1.96 bits per heavy atom. The van der Waals surface area contributed by atoms with E-state index in [0.29, 0.717) is 11.7 Å². The molecule has 0 fully saturated rings. The Morgan fingerprint density at radius 1 is 1.19 bits per heavy atom. The van der Waals surface area contributed by atoms with Crippen molar-refractivity contribution >= 4 is 23.0 Å². The van der Waals surface area contributed by atoms with Gasteiger partial charge in [0.25, 0.3) is 0 Å². The van der Waals surface area contributed by atoms with Gasteiger partial charge in [0.1, 0.15) is 0 Å². The van der Waals surface area contributed by atoms with Crippen LogP contribution < -0.4 is 10.6 Å². The van der Waals surface area contributed by atoms with E-state index in [1.807, 2.05) is 40.0 Å². The minimum atomic E-state index is 0.133. The van der Waals surface area contributed by atoms with Gasteiger partial charge in [0, 0.05) is 24.0 Å². The van der Waals surface area contributed by atoms with Crippen LogP contribution in [0.25, 0.3) is 0 Å². The lowest BCUT2D eigenvalue weighted by Crippen LogP contribution is -2.30. The Morgan fingerprint density at radius 3 is 2.65 bits per heavy atom. The molecule has 1 atom stereocenters. The van der Waals surface area contributed by atoms with Gasteiger partial charge in [-0.15, -0.1) is 0 Å². The fourth-order valence-corrected chi connectivity index (χ4v) is 3.13. The van der Waals surface area contributed by atoms with Gasteiger partial charge in [0.15, 0.2) is 5.11 Å². The van der Waals surface area contributed by atoms with Crippen molar-refractivity contribution in [1.82, 2.24) is 24.9 Å². The minimum absolute atomic E-state index is 0.133. The summed E-state index contributed by atoms with van der Waals surface area (Å²) in [7, 11) is 0. The molecule has 26 heavy (non-hydrogen) atoms. The van der Waals surface area contributed by atoms with Crippen molar-refractivity contribution in [1.29, 1.82) is 0 Å². The highest BCUT2D eigenvalue weighted by Crippen LogP contribution is 2.13. The number of hydrogen-bond acceptors (Lipinski definition) is 3. The summed E-state index contributed by atoms with van der Waals surface area (Å²) >= 11 is 5.42. The van der Waals surface area contributed by atoms with Crippen LogP contribution >= 0.6 is 12.2 Å². The molecule has 3 rings (SSSR count). The van der Waals surface area contributed by atoms with Crippen LogP contribution in [-0.4, -0.2) is 24.7 Å². The highest BCUT2D eigenvalue weighted by atomic mass is 32.1. The van der Waals surface area contributed by atoms with E-state index in [4.69, 9.17) is 12.2 Å². The molecule has 1 aromatic carbocycles. The molecule has 2 heterocycles. The number of benzene rings is 1. The van der Waals surface area contributed by atoms with E-state index in [2.05, 4.69) is 53.7 Å². The Bertz CT molecular complexity index is 867. The lowest BCUT2D eigenvalue weighted by Gasteiger charge is -2.16. The summed E-state index contributed by atoms with van der Waals surface area (Å²) in [5, 5.41) is 15.9. The Hall–Kier alpha value is -2.67. The number of aromatic nitrogens is 4. The molecule has 6 nitrogen and oxygen atoms in total. The molecule has 0 aliphatic rings. The number of hydrogen-bond donors (Lipinski definition) is 2. The van der Waals surface area contributed by atoms with Crippen molar-refractivity contribution in [3.05, 3.63) is 65.7 Å². The topological polar surface area (TPSA) is 59.7 Å². The first-order valence-corrected chi connectivity index (χ1v) is 9.14. The maximum atomic E-state index is 5.42. The molecule has 0 bridgehead atoms. The Labute approximate surface area is 159 Å². The zero-order valence-corrected chi connectivity index (χ0v) is 16.1. The normalized spacial score (nSPS) is 12.0. The van der Waals surface area contributed by atoms with Gasteiger partial charge in [-0.2, -0.15) is 10.2 Å². The molecule has 0 amide bonds. The van der Waals surface area contributed by atoms with E-state index < -0.39 is 0 Å². The first-order chi connectivity index (χ1) is 12.6. The Kier molecular flexibility index (Phi) is 5.68. The predicted molar refractivity (Wildman–Crippen MR) is 108 cm³/mol. The van der Waals surface area contributed by atoms with Gasteiger partial charge in [0.05, 0.1) is 30.7 Å². The summed E-state index contributed by atoms with van der Waals surface area (Å²) in [4.78, 5) is 0. The van der Waals surface area contributed by atoms with E-state index in [0.717, 1.165) is 12.2 Å². The highest BCUT2D eigenvalue weighted by Gasteiger charge is 2.09. The third-order valence-corrected chi connectivity index (χ3v) is 4.59. The monoisotopic (exact) mass is 368 g/mol. The smallest absolute Gasteiger partial charge is 0.171 e. The van der Waals surface area contributed by atoms with E-state index in [-0.39, 0.29) is 6.04 Å². The van der Waals surface area contributed by atoms with Gasteiger partial charge < -0.3 is 10.6 Å². The second kappa shape index (κ2) is 8.14.